The Hall–Kier alpha value is -0.490. The Bertz CT molecular complexity index is 408. The monoisotopic (exact) mass is 319 g/mol. The molecule has 0 amide bonds. The minimum Gasteiger partial charge on any atom is -0.383 e. The number of aryl methyl sites for hydroxylation is 1. The first-order chi connectivity index (χ1) is 8.20. The SMILES string of the molecule is CCn1ncc(NCCCCSC)c(Br)c1=O. The first kappa shape index (κ1) is 14.6. The molecule has 0 fully saturated rings. The summed E-state index contributed by atoms with van der Waals surface area (Å²) in [7, 11) is 0. The predicted molar refractivity (Wildman–Crippen MR) is 78.0 cm³/mol. The topological polar surface area (TPSA) is 46.9 Å². The number of anilines is 1. The number of nitrogens with one attached hydrogen (secondary N) is 1. The molecule has 6 heteroatoms. The molecule has 0 radical (unpaired) electrons. The molecule has 0 atom stereocenters. The van der Waals surface area contributed by atoms with Crippen LogP contribution in [0.3, 0.4) is 0 Å². The molecule has 0 aliphatic heterocycles. The van der Waals surface area contributed by atoms with Crippen molar-refractivity contribution in [2.24, 2.45) is 0 Å². The maximum atomic E-state index is 11.8. The van der Waals surface area contributed by atoms with Gasteiger partial charge in [-0.05, 0) is 47.7 Å². The summed E-state index contributed by atoms with van der Waals surface area (Å²) < 4.78 is 2.00. The highest BCUT2D eigenvalue weighted by Crippen LogP contribution is 2.16. The van der Waals surface area contributed by atoms with E-state index in [0.717, 1.165) is 18.7 Å². The summed E-state index contributed by atoms with van der Waals surface area (Å²) in [6.45, 7) is 3.36. The third-order valence-corrected chi connectivity index (χ3v) is 3.84. The van der Waals surface area contributed by atoms with Crippen molar-refractivity contribution in [1.82, 2.24) is 9.78 Å². The maximum absolute atomic E-state index is 11.8. The Balaban J connectivity index is 2.55. The van der Waals surface area contributed by atoms with E-state index < -0.39 is 0 Å². The quantitative estimate of drug-likeness (QED) is 0.785. The highest BCUT2D eigenvalue weighted by molar-refractivity contribution is 9.10. The summed E-state index contributed by atoms with van der Waals surface area (Å²) in [5.74, 6) is 1.18. The molecule has 1 heterocycles. The number of hydrogen-bond acceptors (Lipinski definition) is 4. The van der Waals surface area contributed by atoms with Crippen LogP contribution in [0.15, 0.2) is 15.5 Å². The van der Waals surface area contributed by atoms with Gasteiger partial charge in [-0.3, -0.25) is 4.79 Å². The first-order valence-electron chi connectivity index (χ1n) is 5.69. The number of halogens is 1. The fourth-order valence-electron chi connectivity index (χ4n) is 1.41. The molecule has 0 saturated carbocycles. The Morgan fingerprint density at radius 1 is 1.53 bits per heavy atom. The molecule has 1 N–H and O–H groups in total. The van der Waals surface area contributed by atoms with Crippen molar-refractivity contribution in [3.63, 3.8) is 0 Å². The molecule has 0 aliphatic carbocycles. The van der Waals surface area contributed by atoms with Gasteiger partial charge in [0.1, 0.15) is 4.47 Å². The van der Waals surface area contributed by atoms with Crippen molar-refractivity contribution < 1.29 is 0 Å². The average Bonchev–Trinajstić information content (AvgIpc) is 2.34. The molecule has 1 aromatic rings. The van der Waals surface area contributed by atoms with Crippen LogP contribution in [0.1, 0.15) is 19.8 Å². The molecule has 0 unspecified atom stereocenters. The van der Waals surface area contributed by atoms with E-state index >= 15 is 0 Å². The first-order valence-corrected chi connectivity index (χ1v) is 7.87. The van der Waals surface area contributed by atoms with Crippen molar-refractivity contribution >= 4 is 33.4 Å². The van der Waals surface area contributed by atoms with Gasteiger partial charge in [-0.2, -0.15) is 16.9 Å². The van der Waals surface area contributed by atoms with Gasteiger partial charge in [-0.25, -0.2) is 4.68 Å². The molecule has 4 nitrogen and oxygen atoms in total. The molecule has 0 bridgehead atoms. The minimum atomic E-state index is -0.0818. The van der Waals surface area contributed by atoms with E-state index in [9.17, 15) is 4.79 Å². The van der Waals surface area contributed by atoms with E-state index in [-0.39, 0.29) is 5.56 Å². The van der Waals surface area contributed by atoms with E-state index in [1.165, 1.54) is 16.9 Å². The van der Waals surface area contributed by atoms with Gasteiger partial charge < -0.3 is 5.32 Å². The van der Waals surface area contributed by atoms with Crippen LogP contribution in [0.25, 0.3) is 0 Å². The summed E-state index contributed by atoms with van der Waals surface area (Å²) in [4.78, 5) is 11.8. The van der Waals surface area contributed by atoms with E-state index in [2.05, 4.69) is 32.6 Å². The van der Waals surface area contributed by atoms with E-state index in [4.69, 9.17) is 0 Å². The number of thioether (sulfide) groups is 1. The Kier molecular flexibility index (Phi) is 6.65. The van der Waals surface area contributed by atoms with Crippen LogP contribution in [0.5, 0.6) is 0 Å². The summed E-state index contributed by atoms with van der Waals surface area (Å²) in [6, 6.07) is 0. The molecule has 1 rings (SSSR count). The van der Waals surface area contributed by atoms with Crippen molar-refractivity contribution in [1.29, 1.82) is 0 Å². The van der Waals surface area contributed by atoms with E-state index in [1.807, 2.05) is 18.7 Å². The smallest absolute Gasteiger partial charge is 0.283 e. The van der Waals surface area contributed by atoms with Gasteiger partial charge in [0, 0.05) is 13.1 Å². The number of aromatic nitrogens is 2. The lowest BCUT2D eigenvalue weighted by molar-refractivity contribution is 0.612. The van der Waals surface area contributed by atoms with Gasteiger partial charge in [0.15, 0.2) is 0 Å². The second-order valence-corrected chi connectivity index (χ2v) is 5.40. The molecule has 96 valence electrons. The summed E-state index contributed by atoms with van der Waals surface area (Å²) in [5.41, 5.74) is 0.700. The van der Waals surface area contributed by atoms with Gasteiger partial charge in [0.25, 0.3) is 5.56 Å². The third kappa shape index (κ3) is 4.35. The van der Waals surface area contributed by atoms with E-state index in [0.29, 0.717) is 11.0 Å². The summed E-state index contributed by atoms with van der Waals surface area (Å²) >= 11 is 5.17. The zero-order chi connectivity index (χ0) is 12.7. The standard InChI is InChI=1S/C11H18BrN3OS/c1-3-15-11(16)10(12)9(8-14-15)13-6-4-5-7-17-2/h8,13H,3-7H2,1-2H3. The highest BCUT2D eigenvalue weighted by atomic mass is 79.9. The molecule has 0 aromatic carbocycles. The molecule has 1 aromatic heterocycles. The van der Waals surface area contributed by atoms with E-state index in [1.54, 1.807) is 6.20 Å². The maximum Gasteiger partial charge on any atom is 0.283 e. The van der Waals surface area contributed by atoms with Crippen molar-refractivity contribution in [2.75, 3.05) is 23.9 Å². The summed E-state index contributed by atoms with van der Waals surface area (Å²) in [6.07, 6.45) is 6.09. The van der Waals surface area contributed by atoms with Crippen LogP contribution in [0.4, 0.5) is 5.69 Å². The van der Waals surface area contributed by atoms with Gasteiger partial charge in [-0.1, -0.05) is 0 Å². The van der Waals surface area contributed by atoms with Crippen LogP contribution < -0.4 is 10.9 Å². The van der Waals surface area contributed by atoms with Crippen LogP contribution in [0, 0.1) is 0 Å². The zero-order valence-corrected chi connectivity index (χ0v) is 12.6. The lowest BCUT2D eigenvalue weighted by Crippen LogP contribution is -2.23. The molecule has 0 aliphatic rings. The van der Waals surface area contributed by atoms with Gasteiger partial charge in [-0.15, -0.1) is 0 Å². The zero-order valence-electron chi connectivity index (χ0n) is 10.2. The molecular formula is C11H18BrN3OS. The number of nitrogens with zero attached hydrogens (tertiary/aromatic N) is 2. The summed E-state index contributed by atoms with van der Waals surface area (Å²) in [5, 5.41) is 7.31. The highest BCUT2D eigenvalue weighted by Gasteiger charge is 2.06. The van der Waals surface area contributed by atoms with Crippen LogP contribution in [0.2, 0.25) is 0 Å². The predicted octanol–water partition coefficient (Wildman–Crippen LogP) is 2.58. The fourth-order valence-corrected chi connectivity index (χ4v) is 2.35. The number of hydrogen-bond donors (Lipinski definition) is 1. The average molecular weight is 320 g/mol. The van der Waals surface area contributed by atoms with Gasteiger partial charge in [0.2, 0.25) is 0 Å². The number of rotatable bonds is 7. The van der Waals surface area contributed by atoms with Crippen LogP contribution in [-0.4, -0.2) is 28.3 Å². The van der Waals surface area contributed by atoms with Crippen molar-refractivity contribution in [2.45, 2.75) is 26.3 Å². The Labute approximate surface area is 114 Å². The minimum absolute atomic E-state index is 0.0818. The lowest BCUT2D eigenvalue weighted by atomic mass is 10.3. The second kappa shape index (κ2) is 7.76. The fraction of sp³-hybridized carbons (Fsp3) is 0.636. The van der Waals surface area contributed by atoms with Crippen molar-refractivity contribution in [3.05, 3.63) is 21.0 Å². The second-order valence-electron chi connectivity index (χ2n) is 3.62. The molecule has 0 spiro atoms. The van der Waals surface area contributed by atoms with Crippen molar-refractivity contribution in [3.8, 4) is 0 Å². The molecular weight excluding hydrogens is 302 g/mol. The third-order valence-electron chi connectivity index (χ3n) is 2.38. The molecule has 0 saturated heterocycles. The lowest BCUT2D eigenvalue weighted by Gasteiger charge is -2.09. The Morgan fingerprint density at radius 3 is 2.94 bits per heavy atom. The van der Waals surface area contributed by atoms with Gasteiger partial charge in [0.05, 0.1) is 11.9 Å². The molecule has 17 heavy (non-hydrogen) atoms. The van der Waals surface area contributed by atoms with Crippen LogP contribution >= 0.6 is 27.7 Å². The van der Waals surface area contributed by atoms with Crippen LogP contribution in [-0.2, 0) is 6.54 Å². The normalized spacial score (nSPS) is 10.5. The largest absolute Gasteiger partial charge is 0.383 e. The number of unbranched alkanes of at least 4 members (excludes halogenated alkanes) is 1. The Morgan fingerprint density at radius 2 is 2.29 bits per heavy atom. The van der Waals surface area contributed by atoms with Gasteiger partial charge >= 0.3 is 0 Å².